The molecule has 2 aromatic rings. The van der Waals surface area contributed by atoms with E-state index in [0.717, 1.165) is 17.6 Å². The highest BCUT2D eigenvalue weighted by Crippen LogP contribution is 2.24. The van der Waals surface area contributed by atoms with Gasteiger partial charge in [-0.1, -0.05) is 4.98 Å². The van der Waals surface area contributed by atoms with E-state index in [4.69, 9.17) is 5.73 Å². The molecular formula is C10H12N4O. The number of aromatic nitrogens is 2. The predicted octanol–water partition coefficient (Wildman–Crippen LogP) is 0.882. The fourth-order valence-electron chi connectivity index (χ4n) is 1.57. The van der Waals surface area contributed by atoms with Crippen molar-refractivity contribution in [1.29, 1.82) is 0 Å². The van der Waals surface area contributed by atoms with E-state index in [1.807, 2.05) is 13.0 Å². The van der Waals surface area contributed by atoms with E-state index < -0.39 is 0 Å². The fourth-order valence-corrected chi connectivity index (χ4v) is 1.57. The quantitative estimate of drug-likeness (QED) is 0.432. The van der Waals surface area contributed by atoms with Crippen LogP contribution in [0.3, 0.4) is 0 Å². The van der Waals surface area contributed by atoms with Crippen LogP contribution in [0.1, 0.15) is 6.92 Å². The summed E-state index contributed by atoms with van der Waals surface area (Å²) in [5.41, 5.74) is 7.54. The van der Waals surface area contributed by atoms with Crippen LogP contribution in [0.4, 0.5) is 11.4 Å². The third-order valence-corrected chi connectivity index (χ3v) is 2.21. The molecule has 0 radical (unpaired) electrons. The SMILES string of the molecule is CCNc1ccc(N)c2c1cnc[n+]2[O-]. The van der Waals surface area contributed by atoms with Crippen molar-refractivity contribution in [3.05, 3.63) is 29.9 Å². The van der Waals surface area contributed by atoms with Gasteiger partial charge in [0.2, 0.25) is 0 Å². The zero-order valence-corrected chi connectivity index (χ0v) is 8.40. The van der Waals surface area contributed by atoms with Gasteiger partial charge in [-0.2, -0.15) is 0 Å². The Bertz CT molecular complexity index is 490. The average molecular weight is 204 g/mol. The van der Waals surface area contributed by atoms with E-state index in [2.05, 4.69) is 10.3 Å². The number of fused-ring (bicyclic) bond motifs is 1. The average Bonchev–Trinajstić information content (AvgIpc) is 2.22. The molecular weight excluding hydrogens is 192 g/mol. The first-order chi connectivity index (χ1) is 7.24. The molecule has 0 saturated carbocycles. The van der Waals surface area contributed by atoms with Crippen LogP contribution < -0.4 is 15.8 Å². The Balaban J connectivity index is 2.76. The monoisotopic (exact) mass is 204 g/mol. The number of nitrogens with one attached hydrogen (secondary N) is 1. The van der Waals surface area contributed by atoms with E-state index in [1.54, 1.807) is 12.3 Å². The van der Waals surface area contributed by atoms with Crippen LogP contribution >= 0.6 is 0 Å². The molecule has 0 saturated heterocycles. The molecule has 5 heteroatoms. The Morgan fingerprint density at radius 2 is 2.33 bits per heavy atom. The van der Waals surface area contributed by atoms with Crippen LogP contribution in [0.15, 0.2) is 24.7 Å². The molecule has 0 aliphatic carbocycles. The number of nitrogens with zero attached hydrogens (tertiary/aromatic N) is 2. The Hall–Kier alpha value is -2.04. The third-order valence-electron chi connectivity index (χ3n) is 2.21. The van der Waals surface area contributed by atoms with Crippen LogP contribution in [0.5, 0.6) is 0 Å². The van der Waals surface area contributed by atoms with Gasteiger partial charge in [0.25, 0.3) is 6.33 Å². The molecule has 3 N–H and O–H groups in total. The minimum absolute atomic E-state index is 0.462. The Morgan fingerprint density at radius 3 is 3.07 bits per heavy atom. The molecule has 0 atom stereocenters. The van der Waals surface area contributed by atoms with Gasteiger partial charge in [-0.15, -0.1) is 0 Å². The summed E-state index contributed by atoms with van der Waals surface area (Å²) in [6.07, 6.45) is 2.84. The third kappa shape index (κ3) is 1.52. The Morgan fingerprint density at radius 1 is 1.53 bits per heavy atom. The van der Waals surface area contributed by atoms with Crippen molar-refractivity contribution in [2.75, 3.05) is 17.6 Å². The second-order valence-electron chi connectivity index (χ2n) is 3.21. The molecule has 0 aliphatic heterocycles. The lowest BCUT2D eigenvalue weighted by atomic mass is 10.2. The highest BCUT2D eigenvalue weighted by Gasteiger charge is 2.09. The Labute approximate surface area is 87.1 Å². The lowest BCUT2D eigenvalue weighted by Crippen LogP contribution is -2.28. The largest absolute Gasteiger partial charge is 0.710 e. The number of rotatable bonds is 2. The smallest absolute Gasteiger partial charge is 0.289 e. The van der Waals surface area contributed by atoms with Crippen LogP contribution in [0.25, 0.3) is 10.9 Å². The van der Waals surface area contributed by atoms with Gasteiger partial charge in [0.05, 0.1) is 11.1 Å². The van der Waals surface area contributed by atoms with Gasteiger partial charge in [0.15, 0.2) is 11.7 Å². The first-order valence-corrected chi connectivity index (χ1v) is 4.73. The van der Waals surface area contributed by atoms with Crippen LogP contribution in [-0.4, -0.2) is 11.5 Å². The molecule has 0 aliphatic rings. The summed E-state index contributed by atoms with van der Waals surface area (Å²) in [6, 6.07) is 3.57. The Kier molecular flexibility index (Phi) is 2.29. The molecule has 78 valence electrons. The maximum absolute atomic E-state index is 11.5. The maximum atomic E-state index is 11.5. The van der Waals surface area contributed by atoms with Crippen LogP contribution in [-0.2, 0) is 0 Å². The predicted molar refractivity (Wildman–Crippen MR) is 59.3 cm³/mol. The van der Waals surface area contributed by atoms with Gasteiger partial charge in [0.1, 0.15) is 0 Å². The van der Waals surface area contributed by atoms with Crippen molar-refractivity contribution in [2.24, 2.45) is 0 Å². The summed E-state index contributed by atoms with van der Waals surface area (Å²) in [5.74, 6) is 0. The lowest BCUT2D eigenvalue weighted by Gasteiger charge is -2.10. The minimum Gasteiger partial charge on any atom is -0.710 e. The lowest BCUT2D eigenvalue weighted by molar-refractivity contribution is -0.579. The van der Waals surface area contributed by atoms with Crippen molar-refractivity contribution < 1.29 is 4.73 Å². The van der Waals surface area contributed by atoms with Crippen molar-refractivity contribution in [1.82, 2.24) is 4.98 Å². The molecule has 1 aromatic carbocycles. The molecule has 0 unspecified atom stereocenters. The van der Waals surface area contributed by atoms with Gasteiger partial charge < -0.3 is 16.3 Å². The van der Waals surface area contributed by atoms with Crippen LogP contribution in [0.2, 0.25) is 0 Å². The summed E-state index contributed by atoms with van der Waals surface area (Å²) >= 11 is 0. The number of hydrogen-bond acceptors (Lipinski definition) is 4. The van der Waals surface area contributed by atoms with Crippen LogP contribution in [0, 0.1) is 5.21 Å². The van der Waals surface area contributed by atoms with E-state index in [0.29, 0.717) is 15.9 Å². The normalized spacial score (nSPS) is 10.5. The molecule has 15 heavy (non-hydrogen) atoms. The van der Waals surface area contributed by atoms with Crippen molar-refractivity contribution in [3.63, 3.8) is 0 Å². The van der Waals surface area contributed by atoms with Crippen molar-refractivity contribution >= 4 is 22.3 Å². The van der Waals surface area contributed by atoms with E-state index >= 15 is 0 Å². The second-order valence-corrected chi connectivity index (χ2v) is 3.21. The van der Waals surface area contributed by atoms with Crippen molar-refractivity contribution in [3.8, 4) is 0 Å². The maximum Gasteiger partial charge on any atom is 0.289 e. The molecule has 0 bridgehead atoms. The standard InChI is InChI=1S/C10H12N4O/c1-2-13-9-4-3-8(11)10-7(9)5-12-6-14(10)15/h3-6,13H,2,11H2,1H3. The van der Waals surface area contributed by atoms with Gasteiger partial charge >= 0.3 is 0 Å². The summed E-state index contributed by atoms with van der Waals surface area (Å²) in [6.45, 7) is 2.77. The molecule has 0 fully saturated rings. The van der Waals surface area contributed by atoms with Gasteiger partial charge in [-0.05, 0) is 19.1 Å². The number of anilines is 2. The topological polar surface area (TPSA) is 77.9 Å². The zero-order chi connectivity index (χ0) is 10.8. The molecule has 1 aromatic heterocycles. The second kappa shape index (κ2) is 3.61. The van der Waals surface area contributed by atoms with E-state index in [1.165, 1.54) is 6.33 Å². The highest BCUT2D eigenvalue weighted by molar-refractivity contribution is 5.95. The van der Waals surface area contributed by atoms with Gasteiger partial charge in [-0.3, -0.25) is 0 Å². The van der Waals surface area contributed by atoms with Gasteiger partial charge in [-0.25, -0.2) is 4.73 Å². The molecule has 1 heterocycles. The summed E-state index contributed by atoms with van der Waals surface area (Å²) in [4.78, 5) is 3.85. The van der Waals surface area contributed by atoms with E-state index in [9.17, 15) is 5.21 Å². The fraction of sp³-hybridized carbons (Fsp3) is 0.200. The summed E-state index contributed by atoms with van der Waals surface area (Å²) in [5, 5.41) is 15.4. The van der Waals surface area contributed by atoms with Crippen molar-refractivity contribution in [2.45, 2.75) is 6.92 Å². The molecule has 5 nitrogen and oxygen atoms in total. The van der Waals surface area contributed by atoms with Gasteiger partial charge in [0, 0.05) is 12.2 Å². The number of hydrogen-bond donors (Lipinski definition) is 2. The molecule has 2 rings (SSSR count). The zero-order valence-electron chi connectivity index (χ0n) is 8.40. The number of benzene rings is 1. The first kappa shape index (κ1) is 9.51. The summed E-state index contributed by atoms with van der Waals surface area (Å²) < 4.78 is 0.686. The summed E-state index contributed by atoms with van der Waals surface area (Å²) in [7, 11) is 0. The highest BCUT2D eigenvalue weighted by atomic mass is 16.5. The number of nitrogen functional groups attached to an aromatic ring is 1. The minimum atomic E-state index is 0.462. The first-order valence-electron chi connectivity index (χ1n) is 4.73. The number of nitrogens with two attached hydrogens (primary N) is 1. The van der Waals surface area contributed by atoms with E-state index in [-0.39, 0.29) is 0 Å². The molecule has 0 amide bonds. The molecule has 0 spiro atoms.